The molecule has 2 atom stereocenters. The molecule has 1 aliphatic carbocycles. The second kappa shape index (κ2) is 9.60. The molecule has 104 valence electrons. The molecule has 0 heterocycles. The molecule has 0 N–H and O–H groups in total. The standard InChI is InChI=1S/C15H25BrO2/c1-2-3-4-5-6-7-13-12-14(13)8-9-15(17)18-11-10-16/h10-11,13-14H,2-9,12H2,1H3/b11-10-/t13-,14-/m0/s1. The summed E-state index contributed by atoms with van der Waals surface area (Å²) in [5.41, 5.74) is 0. The molecular formula is C15H25BrO2. The summed E-state index contributed by atoms with van der Waals surface area (Å²) in [4.78, 5) is 12.8. The first-order valence-corrected chi connectivity index (χ1v) is 8.14. The second-order valence-electron chi connectivity index (χ2n) is 5.25. The first-order valence-electron chi connectivity index (χ1n) is 7.22. The van der Waals surface area contributed by atoms with Crippen molar-refractivity contribution in [3.05, 3.63) is 11.2 Å². The average molecular weight is 317 g/mol. The Kier molecular flexibility index (Phi) is 8.40. The summed E-state index contributed by atoms with van der Waals surface area (Å²) in [7, 11) is 0. The van der Waals surface area contributed by atoms with Gasteiger partial charge in [0.1, 0.15) is 6.26 Å². The molecule has 3 heteroatoms. The van der Waals surface area contributed by atoms with Crippen LogP contribution in [0.4, 0.5) is 0 Å². The van der Waals surface area contributed by atoms with Crippen LogP contribution in [0.15, 0.2) is 11.2 Å². The monoisotopic (exact) mass is 316 g/mol. The van der Waals surface area contributed by atoms with Gasteiger partial charge in [0, 0.05) is 11.4 Å². The summed E-state index contributed by atoms with van der Waals surface area (Å²) < 4.78 is 4.86. The van der Waals surface area contributed by atoms with Gasteiger partial charge in [-0.05, 0) is 24.7 Å². The fourth-order valence-corrected chi connectivity index (χ4v) is 2.60. The molecule has 1 saturated carbocycles. The zero-order chi connectivity index (χ0) is 13.2. The highest BCUT2D eigenvalue weighted by molar-refractivity contribution is 9.11. The van der Waals surface area contributed by atoms with Crippen molar-refractivity contribution in [2.75, 3.05) is 0 Å². The molecule has 0 aromatic rings. The third kappa shape index (κ3) is 7.20. The van der Waals surface area contributed by atoms with Crippen LogP contribution in [-0.2, 0) is 9.53 Å². The van der Waals surface area contributed by atoms with E-state index in [9.17, 15) is 4.79 Å². The minimum absolute atomic E-state index is 0.112. The van der Waals surface area contributed by atoms with E-state index in [0.717, 1.165) is 18.3 Å². The van der Waals surface area contributed by atoms with E-state index in [1.807, 2.05) is 0 Å². The number of esters is 1. The Balaban J connectivity index is 1.92. The Labute approximate surface area is 119 Å². The number of carbonyl (C=O) groups is 1. The van der Waals surface area contributed by atoms with Gasteiger partial charge in [-0.3, -0.25) is 4.79 Å². The average Bonchev–Trinajstić information content (AvgIpc) is 3.12. The van der Waals surface area contributed by atoms with Gasteiger partial charge in [0.15, 0.2) is 0 Å². The van der Waals surface area contributed by atoms with Crippen LogP contribution in [0, 0.1) is 11.8 Å². The highest BCUT2D eigenvalue weighted by atomic mass is 79.9. The van der Waals surface area contributed by atoms with E-state index in [1.165, 1.54) is 51.2 Å². The summed E-state index contributed by atoms with van der Waals surface area (Å²) in [6.07, 6.45) is 12.5. The zero-order valence-electron chi connectivity index (χ0n) is 11.4. The minimum Gasteiger partial charge on any atom is -0.434 e. The number of hydrogen-bond donors (Lipinski definition) is 0. The molecule has 1 aliphatic rings. The molecule has 0 aromatic carbocycles. The number of unbranched alkanes of at least 4 members (excludes halogenated alkanes) is 4. The van der Waals surface area contributed by atoms with E-state index in [-0.39, 0.29) is 5.97 Å². The highest BCUT2D eigenvalue weighted by Gasteiger charge is 2.35. The Hall–Kier alpha value is -0.310. The minimum atomic E-state index is -0.112. The Bertz CT molecular complexity index is 263. The number of halogens is 1. The summed E-state index contributed by atoms with van der Waals surface area (Å²) in [6, 6.07) is 0. The summed E-state index contributed by atoms with van der Waals surface area (Å²) in [5, 5.41) is 0. The molecule has 0 radical (unpaired) electrons. The predicted molar refractivity (Wildman–Crippen MR) is 78.4 cm³/mol. The maximum atomic E-state index is 11.3. The molecule has 0 amide bonds. The van der Waals surface area contributed by atoms with Gasteiger partial charge in [-0.2, -0.15) is 0 Å². The Morgan fingerprint density at radius 3 is 2.67 bits per heavy atom. The van der Waals surface area contributed by atoms with Gasteiger partial charge in [-0.1, -0.05) is 61.4 Å². The fraction of sp³-hybridized carbons (Fsp3) is 0.800. The van der Waals surface area contributed by atoms with Crippen LogP contribution in [0.3, 0.4) is 0 Å². The largest absolute Gasteiger partial charge is 0.434 e. The van der Waals surface area contributed by atoms with Crippen LogP contribution >= 0.6 is 15.9 Å². The van der Waals surface area contributed by atoms with Gasteiger partial charge < -0.3 is 4.74 Å². The van der Waals surface area contributed by atoms with Crippen molar-refractivity contribution in [1.29, 1.82) is 0 Å². The van der Waals surface area contributed by atoms with Crippen molar-refractivity contribution < 1.29 is 9.53 Å². The van der Waals surface area contributed by atoms with Gasteiger partial charge in [0.05, 0.1) is 0 Å². The number of hydrogen-bond acceptors (Lipinski definition) is 2. The van der Waals surface area contributed by atoms with Crippen LogP contribution in [0.2, 0.25) is 0 Å². The van der Waals surface area contributed by atoms with Crippen LogP contribution in [0.1, 0.15) is 64.7 Å². The topological polar surface area (TPSA) is 26.3 Å². The van der Waals surface area contributed by atoms with E-state index in [2.05, 4.69) is 22.9 Å². The van der Waals surface area contributed by atoms with Gasteiger partial charge in [-0.15, -0.1) is 0 Å². The smallest absolute Gasteiger partial charge is 0.310 e. The molecule has 0 saturated heterocycles. The van der Waals surface area contributed by atoms with E-state index in [0.29, 0.717) is 6.42 Å². The van der Waals surface area contributed by atoms with Gasteiger partial charge in [-0.25, -0.2) is 0 Å². The molecule has 0 aliphatic heterocycles. The molecule has 0 aromatic heterocycles. The van der Waals surface area contributed by atoms with E-state index in [4.69, 9.17) is 4.74 Å². The molecule has 0 unspecified atom stereocenters. The lowest BCUT2D eigenvalue weighted by molar-refractivity contribution is -0.138. The van der Waals surface area contributed by atoms with Gasteiger partial charge >= 0.3 is 5.97 Å². The molecular weight excluding hydrogens is 292 g/mol. The molecule has 0 spiro atoms. The van der Waals surface area contributed by atoms with Crippen LogP contribution in [-0.4, -0.2) is 5.97 Å². The molecule has 18 heavy (non-hydrogen) atoms. The third-order valence-electron chi connectivity index (χ3n) is 3.72. The van der Waals surface area contributed by atoms with E-state index < -0.39 is 0 Å². The molecule has 1 fully saturated rings. The highest BCUT2D eigenvalue weighted by Crippen LogP contribution is 2.45. The number of ether oxygens (including phenoxy) is 1. The van der Waals surface area contributed by atoms with Crippen molar-refractivity contribution >= 4 is 21.9 Å². The second-order valence-corrected chi connectivity index (χ2v) is 5.78. The number of carbonyl (C=O) groups excluding carboxylic acids is 1. The number of rotatable bonds is 10. The summed E-state index contributed by atoms with van der Waals surface area (Å²) in [5.74, 6) is 1.57. The molecule has 1 rings (SSSR count). The van der Waals surface area contributed by atoms with Crippen molar-refractivity contribution in [1.82, 2.24) is 0 Å². The van der Waals surface area contributed by atoms with Gasteiger partial charge in [0.2, 0.25) is 0 Å². The van der Waals surface area contributed by atoms with Crippen molar-refractivity contribution in [2.24, 2.45) is 11.8 Å². The summed E-state index contributed by atoms with van der Waals surface area (Å²) in [6.45, 7) is 2.25. The van der Waals surface area contributed by atoms with Crippen molar-refractivity contribution in [3.8, 4) is 0 Å². The lowest BCUT2D eigenvalue weighted by Gasteiger charge is -2.01. The van der Waals surface area contributed by atoms with Crippen LogP contribution in [0.25, 0.3) is 0 Å². The quantitative estimate of drug-likeness (QED) is 0.315. The first kappa shape index (κ1) is 15.7. The fourth-order valence-electron chi connectivity index (χ4n) is 2.49. The Morgan fingerprint density at radius 2 is 1.94 bits per heavy atom. The van der Waals surface area contributed by atoms with E-state index in [1.54, 1.807) is 4.99 Å². The lowest BCUT2D eigenvalue weighted by Crippen LogP contribution is -2.00. The third-order valence-corrected chi connectivity index (χ3v) is 3.93. The van der Waals surface area contributed by atoms with Crippen molar-refractivity contribution in [2.45, 2.75) is 64.7 Å². The van der Waals surface area contributed by atoms with Crippen LogP contribution in [0.5, 0.6) is 0 Å². The molecule has 2 nitrogen and oxygen atoms in total. The maximum Gasteiger partial charge on any atom is 0.310 e. The lowest BCUT2D eigenvalue weighted by atomic mass is 10.1. The maximum absolute atomic E-state index is 11.3. The normalized spacial score (nSPS) is 22.3. The zero-order valence-corrected chi connectivity index (χ0v) is 13.0. The summed E-state index contributed by atoms with van der Waals surface area (Å²) >= 11 is 3.07. The molecule has 0 bridgehead atoms. The Morgan fingerprint density at radius 1 is 1.22 bits per heavy atom. The van der Waals surface area contributed by atoms with Gasteiger partial charge in [0.25, 0.3) is 0 Å². The van der Waals surface area contributed by atoms with Crippen molar-refractivity contribution in [3.63, 3.8) is 0 Å². The predicted octanol–water partition coefficient (Wildman–Crippen LogP) is 5.17. The SMILES string of the molecule is CCCCCCC[C@H]1C[C@@H]1CCC(=O)O/C=C\Br. The van der Waals surface area contributed by atoms with E-state index >= 15 is 0 Å². The first-order chi connectivity index (χ1) is 8.77. The van der Waals surface area contributed by atoms with Crippen LogP contribution < -0.4 is 0 Å².